The number of nitrogens with zero attached hydrogens (tertiary/aromatic N) is 2. The van der Waals surface area contributed by atoms with Crippen LogP contribution in [0.4, 0.5) is 13.2 Å². The van der Waals surface area contributed by atoms with Crippen LogP contribution < -0.4 is 4.74 Å². The van der Waals surface area contributed by atoms with Crippen LogP contribution >= 0.6 is 0 Å². The van der Waals surface area contributed by atoms with Crippen LogP contribution in [0.2, 0.25) is 0 Å². The van der Waals surface area contributed by atoms with Gasteiger partial charge in [-0.15, -0.1) is 0 Å². The first-order valence-electron chi connectivity index (χ1n) is 12.3. The first-order valence-corrected chi connectivity index (χ1v) is 12.3. The van der Waals surface area contributed by atoms with Crippen LogP contribution in [0.5, 0.6) is 5.75 Å². The number of carbonyl (C=O) groups is 1. The number of nitrogens with one attached hydrogen (secondary N) is 1. The summed E-state index contributed by atoms with van der Waals surface area (Å²) in [5.74, 6) is -2.53. The number of H-pyrrole nitrogens is 1. The molecule has 0 amide bonds. The summed E-state index contributed by atoms with van der Waals surface area (Å²) in [6.07, 6.45) is 0.553. The number of halogens is 3. The number of aliphatic carboxylic acids is 1. The predicted octanol–water partition coefficient (Wildman–Crippen LogP) is 4.54. The Bertz CT molecular complexity index is 1250. The van der Waals surface area contributed by atoms with E-state index >= 15 is 8.78 Å². The molecule has 6 nitrogen and oxygen atoms in total. The van der Waals surface area contributed by atoms with Crippen molar-refractivity contribution in [3.63, 3.8) is 0 Å². The Kier molecular flexibility index (Phi) is 6.70. The summed E-state index contributed by atoms with van der Waals surface area (Å²) in [5, 5.41) is 10.8. The highest BCUT2D eigenvalue weighted by molar-refractivity contribution is 5.85. The van der Waals surface area contributed by atoms with E-state index in [0.717, 1.165) is 28.6 Å². The topological polar surface area (TPSA) is 68.8 Å². The fourth-order valence-corrected chi connectivity index (χ4v) is 5.66. The van der Waals surface area contributed by atoms with Crippen molar-refractivity contribution in [2.75, 3.05) is 32.9 Å². The predicted molar refractivity (Wildman–Crippen MR) is 130 cm³/mol. The average Bonchev–Trinajstić information content (AvgIpc) is 3.18. The van der Waals surface area contributed by atoms with E-state index < -0.39 is 29.7 Å². The van der Waals surface area contributed by atoms with Gasteiger partial charge < -0.3 is 14.8 Å². The Labute approximate surface area is 207 Å². The van der Waals surface area contributed by atoms with Gasteiger partial charge in [-0.2, -0.15) is 0 Å². The maximum absolute atomic E-state index is 15.6. The summed E-state index contributed by atoms with van der Waals surface area (Å²) < 4.78 is 49.4. The molecule has 3 heterocycles. The minimum Gasteiger partial charge on any atom is -0.492 e. The number of ether oxygens (including phenoxy) is 1. The lowest BCUT2D eigenvalue weighted by molar-refractivity contribution is -0.144. The van der Waals surface area contributed by atoms with Crippen LogP contribution in [0.25, 0.3) is 10.9 Å². The quantitative estimate of drug-likeness (QED) is 0.475. The molecule has 0 bridgehead atoms. The zero-order chi connectivity index (χ0) is 25.6. The molecule has 1 saturated heterocycles. The normalized spacial score (nSPS) is 21.8. The largest absolute Gasteiger partial charge is 0.492 e. The summed E-state index contributed by atoms with van der Waals surface area (Å²) in [7, 11) is 0. The van der Waals surface area contributed by atoms with E-state index in [-0.39, 0.29) is 36.6 Å². The number of fused-ring (bicyclic) bond motifs is 3. The summed E-state index contributed by atoms with van der Waals surface area (Å²) >= 11 is 0. The molecule has 2 aliphatic heterocycles. The number of aromatic nitrogens is 1. The van der Waals surface area contributed by atoms with E-state index in [4.69, 9.17) is 4.74 Å². The van der Waals surface area contributed by atoms with Gasteiger partial charge in [0, 0.05) is 65.9 Å². The highest BCUT2D eigenvalue weighted by Crippen LogP contribution is 2.44. The first kappa shape index (κ1) is 24.6. The second-order valence-corrected chi connectivity index (χ2v) is 9.91. The van der Waals surface area contributed by atoms with Gasteiger partial charge in [0.05, 0.1) is 12.7 Å². The number of alkyl halides is 1. The molecule has 2 aliphatic rings. The molecule has 2 N–H and O–H groups in total. The minimum atomic E-state index is -1.06. The van der Waals surface area contributed by atoms with Crippen LogP contribution in [0.15, 0.2) is 36.4 Å². The standard InChI is InChI=1S/C27H30F3N3O3/c1-15-9-20-19-5-3-4-6-23(19)31-25(20)26(33(15)16(2)27(34)35)24-21(29)10-18(11-22(24)30)36-8-7-32-13-17(12-28)14-32/h3-6,10-11,15-17,26,31H,7-9,12-14H2,1-2H3,(H,34,35)/t15-,16-,26-/m1/s1. The second kappa shape index (κ2) is 9.78. The van der Waals surface area contributed by atoms with Crippen LogP contribution in [-0.4, -0.2) is 70.9 Å². The van der Waals surface area contributed by atoms with Crippen molar-refractivity contribution in [1.29, 1.82) is 0 Å². The maximum atomic E-state index is 15.6. The number of hydrogen-bond acceptors (Lipinski definition) is 4. The Hall–Kier alpha value is -3.04. The molecule has 0 unspecified atom stereocenters. The number of benzene rings is 2. The van der Waals surface area contributed by atoms with E-state index in [1.54, 1.807) is 4.90 Å². The Morgan fingerprint density at radius 2 is 1.92 bits per heavy atom. The Morgan fingerprint density at radius 1 is 1.22 bits per heavy atom. The lowest BCUT2D eigenvalue weighted by atomic mass is 9.87. The third-order valence-electron chi connectivity index (χ3n) is 7.48. The molecule has 192 valence electrons. The van der Waals surface area contributed by atoms with Crippen LogP contribution in [0.3, 0.4) is 0 Å². The van der Waals surface area contributed by atoms with E-state index in [1.165, 1.54) is 6.92 Å². The molecular formula is C27H30F3N3O3. The van der Waals surface area contributed by atoms with Gasteiger partial charge in [0.1, 0.15) is 30.0 Å². The summed E-state index contributed by atoms with van der Waals surface area (Å²) in [5.41, 5.74) is 2.18. The van der Waals surface area contributed by atoms with E-state index in [1.807, 2.05) is 36.1 Å². The van der Waals surface area contributed by atoms with Crippen LogP contribution in [-0.2, 0) is 11.2 Å². The lowest BCUT2D eigenvalue weighted by Gasteiger charge is -2.43. The molecule has 9 heteroatoms. The van der Waals surface area contributed by atoms with Gasteiger partial charge in [-0.3, -0.25) is 19.0 Å². The molecule has 1 fully saturated rings. The third-order valence-corrected chi connectivity index (χ3v) is 7.48. The van der Waals surface area contributed by atoms with Crippen LogP contribution in [0, 0.1) is 17.6 Å². The lowest BCUT2D eigenvalue weighted by Crippen LogP contribution is -2.50. The molecular weight excluding hydrogens is 471 g/mol. The molecule has 2 aromatic carbocycles. The molecule has 3 aromatic rings. The summed E-state index contributed by atoms with van der Waals surface area (Å²) in [6, 6.07) is 7.78. The number of aromatic amines is 1. The zero-order valence-corrected chi connectivity index (χ0v) is 20.3. The van der Waals surface area contributed by atoms with E-state index in [2.05, 4.69) is 4.98 Å². The number of para-hydroxylation sites is 1. The summed E-state index contributed by atoms with van der Waals surface area (Å²) in [4.78, 5) is 19.0. The molecule has 3 atom stereocenters. The summed E-state index contributed by atoms with van der Waals surface area (Å²) in [6.45, 7) is 5.17. The van der Waals surface area contributed by atoms with Gasteiger partial charge in [0.2, 0.25) is 0 Å². The molecule has 0 saturated carbocycles. The highest BCUT2D eigenvalue weighted by atomic mass is 19.1. The third kappa shape index (κ3) is 4.35. The number of carboxylic acid groups (broad SMARTS) is 1. The van der Waals surface area contributed by atoms with Crippen molar-refractivity contribution in [2.24, 2.45) is 5.92 Å². The number of hydrogen-bond donors (Lipinski definition) is 2. The van der Waals surface area contributed by atoms with Gasteiger partial charge in [0.15, 0.2) is 0 Å². The molecule has 0 radical (unpaired) electrons. The van der Waals surface area contributed by atoms with Crippen molar-refractivity contribution in [3.8, 4) is 5.75 Å². The Balaban J connectivity index is 1.49. The SMILES string of the molecule is C[C@@H]1Cc2c([nH]c3ccccc23)[C@@H](c2c(F)cc(OCCN3CC(CF)C3)cc2F)N1[C@H](C)C(=O)O. The molecule has 0 aliphatic carbocycles. The van der Waals surface area contributed by atoms with Crippen LogP contribution in [0.1, 0.15) is 36.7 Å². The van der Waals surface area contributed by atoms with Crippen molar-refractivity contribution in [2.45, 2.75) is 38.4 Å². The fourth-order valence-electron chi connectivity index (χ4n) is 5.66. The van der Waals surface area contributed by atoms with E-state index in [0.29, 0.717) is 31.7 Å². The molecule has 1 aromatic heterocycles. The number of carboxylic acids is 1. The van der Waals surface area contributed by atoms with Gasteiger partial charge in [-0.05, 0) is 31.9 Å². The zero-order valence-electron chi connectivity index (χ0n) is 20.3. The van der Waals surface area contributed by atoms with Crippen molar-refractivity contribution in [1.82, 2.24) is 14.8 Å². The molecule has 5 rings (SSSR count). The molecule has 0 spiro atoms. The minimum absolute atomic E-state index is 0.0581. The van der Waals surface area contributed by atoms with Gasteiger partial charge in [0.25, 0.3) is 0 Å². The molecule has 36 heavy (non-hydrogen) atoms. The second-order valence-electron chi connectivity index (χ2n) is 9.91. The number of rotatable bonds is 8. The Morgan fingerprint density at radius 3 is 2.58 bits per heavy atom. The van der Waals surface area contributed by atoms with Gasteiger partial charge >= 0.3 is 5.97 Å². The van der Waals surface area contributed by atoms with Crippen molar-refractivity contribution in [3.05, 3.63) is 64.9 Å². The van der Waals surface area contributed by atoms with Gasteiger partial charge in [-0.1, -0.05) is 18.2 Å². The smallest absolute Gasteiger partial charge is 0.320 e. The highest BCUT2D eigenvalue weighted by Gasteiger charge is 2.42. The number of likely N-dealkylation sites (tertiary alicyclic amines) is 1. The van der Waals surface area contributed by atoms with E-state index in [9.17, 15) is 14.3 Å². The van der Waals surface area contributed by atoms with Gasteiger partial charge in [-0.25, -0.2) is 8.78 Å². The van der Waals surface area contributed by atoms with Crippen molar-refractivity contribution >= 4 is 16.9 Å². The first-order chi connectivity index (χ1) is 17.3. The average molecular weight is 502 g/mol. The fraction of sp³-hybridized carbons (Fsp3) is 0.444. The van der Waals surface area contributed by atoms with Crippen molar-refractivity contribution < 1.29 is 27.8 Å². The monoisotopic (exact) mass is 501 g/mol. The maximum Gasteiger partial charge on any atom is 0.320 e.